The van der Waals surface area contributed by atoms with Crippen LogP contribution >= 0.6 is 0 Å². The number of nitrogens with one attached hydrogen (secondary N) is 1. The molecule has 2 aliphatic rings. The molecule has 0 amide bonds. The van der Waals surface area contributed by atoms with E-state index >= 15 is 0 Å². The van der Waals surface area contributed by atoms with Crippen molar-refractivity contribution in [3.8, 4) is 11.3 Å². The average molecular weight is 383 g/mol. The van der Waals surface area contributed by atoms with Gasteiger partial charge in [0, 0.05) is 56.0 Å². The van der Waals surface area contributed by atoms with Crippen LogP contribution in [-0.4, -0.2) is 63.4 Å². The first kappa shape index (κ1) is 19.6. The summed E-state index contributed by atoms with van der Waals surface area (Å²) in [5.41, 5.74) is 6.22. The molecule has 28 heavy (non-hydrogen) atoms. The quantitative estimate of drug-likeness (QED) is 0.803. The first-order chi connectivity index (χ1) is 13.7. The molecule has 0 bridgehead atoms. The summed E-state index contributed by atoms with van der Waals surface area (Å²) in [6, 6.07) is 7.80. The fourth-order valence-electron chi connectivity index (χ4n) is 5.11. The van der Waals surface area contributed by atoms with Crippen molar-refractivity contribution in [1.82, 2.24) is 20.0 Å². The number of aliphatic hydroxyl groups excluding tert-OH is 1. The molecule has 0 radical (unpaired) electrons. The molecule has 1 saturated heterocycles. The van der Waals surface area contributed by atoms with Crippen LogP contribution in [0.2, 0.25) is 0 Å². The third-order valence-corrected chi connectivity index (χ3v) is 6.64. The standard InChI is InChI=1S/C23H34N4O/c1-17-7-8-18(2)22(13-17)23-19(14-24-25-23)15-26-10-11-27(20-5-3-4-6-20)21(16-26)9-12-28/h7-8,13-14,20-21,28H,3-6,9-12,15-16H2,1-2H3,(H,24,25)/t21-/m1/s1. The number of aromatic amines is 1. The van der Waals surface area contributed by atoms with E-state index in [1.165, 1.54) is 47.9 Å². The number of rotatable bonds is 6. The van der Waals surface area contributed by atoms with Gasteiger partial charge in [0.25, 0.3) is 0 Å². The van der Waals surface area contributed by atoms with Crippen molar-refractivity contribution in [1.29, 1.82) is 0 Å². The van der Waals surface area contributed by atoms with Gasteiger partial charge in [-0.15, -0.1) is 0 Å². The van der Waals surface area contributed by atoms with Crippen molar-refractivity contribution in [3.05, 3.63) is 41.1 Å². The lowest BCUT2D eigenvalue weighted by atomic mass is 9.99. The minimum Gasteiger partial charge on any atom is -0.396 e. The van der Waals surface area contributed by atoms with E-state index < -0.39 is 0 Å². The third-order valence-electron chi connectivity index (χ3n) is 6.64. The first-order valence-electron chi connectivity index (χ1n) is 10.8. The molecular weight excluding hydrogens is 348 g/mol. The van der Waals surface area contributed by atoms with Crippen LogP contribution < -0.4 is 0 Å². The van der Waals surface area contributed by atoms with Gasteiger partial charge in [0.2, 0.25) is 0 Å². The van der Waals surface area contributed by atoms with Crippen molar-refractivity contribution in [2.24, 2.45) is 0 Å². The maximum atomic E-state index is 9.61. The van der Waals surface area contributed by atoms with Crippen LogP contribution in [-0.2, 0) is 6.54 Å². The molecule has 1 saturated carbocycles. The molecule has 2 heterocycles. The van der Waals surface area contributed by atoms with Gasteiger partial charge in [-0.1, -0.05) is 30.5 Å². The lowest BCUT2D eigenvalue weighted by Gasteiger charge is -2.44. The van der Waals surface area contributed by atoms with Crippen LogP contribution in [0.5, 0.6) is 0 Å². The Kier molecular flexibility index (Phi) is 6.14. The second-order valence-corrected chi connectivity index (χ2v) is 8.67. The summed E-state index contributed by atoms with van der Waals surface area (Å²) >= 11 is 0. The van der Waals surface area contributed by atoms with Crippen molar-refractivity contribution >= 4 is 0 Å². The number of hydrogen-bond donors (Lipinski definition) is 2. The number of piperazine rings is 1. The van der Waals surface area contributed by atoms with Gasteiger partial charge < -0.3 is 5.11 Å². The SMILES string of the molecule is Cc1ccc(C)c(-c2[nH]ncc2CN2CCN(C3CCCC3)[C@H](CCO)C2)c1. The Morgan fingerprint density at radius 1 is 1.18 bits per heavy atom. The minimum absolute atomic E-state index is 0.279. The largest absolute Gasteiger partial charge is 0.396 e. The number of hydrogen-bond acceptors (Lipinski definition) is 4. The first-order valence-corrected chi connectivity index (χ1v) is 10.8. The summed E-state index contributed by atoms with van der Waals surface area (Å²) in [6.07, 6.45) is 8.26. The van der Waals surface area contributed by atoms with Crippen LogP contribution in [0.25, 0.3) is 11.3 Å². The Bertz CT molecular complexity index is 781. The Hall–Kier alpha value is -1.69. The van der Waals surface area contributed by atoms with Gasteiger partial charge in [0.1, 0.15) is 0 Å². The number of aliphatic hydroxyl groups is 1. The normalized spacial score (nSPS) is 22.2. The van der Waals surface area contributed by atoms with Gasteiger partial charge in [-0.25, -0.2) is 0 Å². The molecule has 1 aromatic carbocycles. The Morgan fingerprint density at radius 3 is 2.79 bits per heavy atom. The molecule has 152 valence electrons. The Labute approximate surface area is 168 Å². The van der Waals surface area contributed by atoms with Crippen molar-refractivity contribution in [2.45, 2.75) is 64.6 Å². The van der Waals surface area contributed by atoms with Gasteiger partial charge in [0.05, 0.1) is 11.9 Å². The number of H-pyrrole nitrogens is 1. The summed E-state index contributed by atoms with van der Waals surface area (Å²) in [5.74, 6) is 0. The predicted molar refractivity (Wildman–Crippen MR) is 113 cm³/mol. The average Bonchev–Trinajstić information content (AvgIpc) is 3.36. The zero-order valence-corrected chi connectivity index (χ0v) is 17.3. The summed E-state index contributed by atoms with van der Waals surface area (Å²) in [5, 5.41) is 17.2. The van der Waals surface area contributed by atoms with E-state index in [9.17, 15) is 5.11 Å². The summed E-state index contributed by atoms with van der Waals surface area (Å²) in [7, 11) is 0. The van der Waals surface area contributed by atoms with Gasteiger partial charge >= 0.3 is 0 Å². The Morgan fingerprint density at radius 2 is 2.00 bits per heavy atom. The van der Waals surface area contributed by atoms with Crippen LogP contribution in [0.3, 0.4) is 0 Å². The molecule has 1 atom stereocenters. The smallest absolute Gasteiger partial charge is 0.0698 e. The molecule has 2 fully saturated rings. The predicted octanol–water partition coefficient (Wildman–Crippen LogP) is 3.50. The molecule has 5 heteroatoms. The molecule has 2 N–H and O–H groups in total. The molecule has 2 aromatic rings. The molecule has 4 rings (SSSR count). The summed E-state index contributed by atoms with van der Waals surface area (Å²) in [6.45, 7) is 8.74. The number of benzene rings is 1. The third kappa shape index (κ3) is 4.17. The van der Waals surface area contributed by atoms with E-state index in [1.54, 1.807) is 0 Å². The molecule has 0 spiro atoms. The van der Waals surface area contributed by atoms with E-state index in [0.717, 1.165) is 44.3 Å². The van der Waals surface area contributed by atoms with Gasteiger partial charge in [-0.2, -0.15) is 5.10 Å². The van der Waals surface area contributed by atoms with E-state index in [-0.39, 0.29) is 6.61 Å². The van der Waals surface area contributed by atoms with Crippen LogP contribution in [0.1, 0.15) is 48.8 Å². The molecule has 1 aromatic heterocycles. The van der Waals surface area contributed by atoms with Crippen molar-refractivity contribution < 1.29 is 5.11 Å². The van der Waals surface area contributed by atoms with Crippen molar-refractivity contribution in [3.63, 3.8) is 0 Å². The number of aryl methyl sites for hydroxylation is 2. The fourth-order valence-corrected chi connectivity index (χ4v) is 5.11. The van der Waals surface area contributed by atoms with E-state index in [4.69, 9.17) is 0 Å². The molecular formula is C23H34N4O. The topological polar surface area (TPSA) is 55.4 Å². The zero-order chi connectivity index (χ0) is 19.5. The Balaban J connectivity index is 1.48. The van der Waals surface area contributed by atoms with Crippen LogP contribution in [0.4, 0.5) is 0 Å². The maximum absolute atomic E-state index is 9.61. The molecule has 5 nitrogen and oxygen atoms in total. The highest BCUT2D eigenvalue weighted by Gasteiger charge is 2.33. The number of nitrogens with zero attached hydrogens (tertiary/aromatic N) is 3. The highest BCUT2D eigenvalue weighted by atomic mass is 16.3. The minimum atomic E-state index is 0.279. The fraction of sp³-hybridized carbons (Fsp3) is 0.609. The van der Waals surface area contributed by atoms with Crippen LogP contribution in [0, 0.1) is 13.8 Å². The monoisotopic (exact) mass is 382 g/mol. The molecule has 1 aliphatic carbocycles. The van der Waals surface area contributed by atoms with Gasteiger partial charge in [-0.3, -0.25) is 14.9 Å². The maximum Gasteiger partial charge on any atom is 0.0698 e. The highest BCUT2D eigenvalue weighted by molar-refractivity contribution is 5.67. The highest BCUT2D eigenvalue weighted by Crippen LogP contribution is 2.30. The lowest BCUT2D eigenvalue weighted by molar-refractivity contribution is 0.0268. The van der Waals surface area contributed by atoms with E-state index in [2.05, 4.69) is 52.0 Å². The number of aromatic nitrogens is 2. The second kappa shape index (κ2) is 8.76. The summed E-state index contributed by atoms with van der Waals surface area (Å²) in [4.78, 5) is 5.24. The van der Waals surface area contributed by atoms with E-state index in [1.807, 2.05) is 6.20 Å². The van der Waals surface area contributed by atoms with E-state index in [0.29, 0.717) is 6.04 Å². The van der Waals surface area contributed by atoms with Crippen LogP contribution in [0.15, 0.2) is 24.4 Å². The van der Waals surface area contributed by atoms with Crippen molar-refractivity contribution in [2.75, 3.05) is 26.2 Å². The summed E-state index contributed by atoms with van der Waals surface area (Å²) < 4.78 is 0. The molecule has 1 aliphatic heterocycles. The second-order valence-electron chi connectivity index (χ2n) is 8.67. The van der Waals surface area contributed by atoms with Gasteiger partial charge in [0.15, 0.2) is 0 Å². The molecule has 0 unspecified atom stereocenters. The lowest BCUT2D eigenvalue weighted by Crippen LogP contribution is -2.56. The zero-order valence-electron chi connectivity index (χ0n) is 17.3. The van der Waals surface area contributed by atoms with Gasteiger partial charge in [-0.05, 0) is 44.7 Å².